The van der Waals surface area contributed by atoms with E-state index in [1.54, 1.807) is 0 Å². The molecule has 0 aliphatic rings. The molecule has 0 unspecified atom stereocenters. The first-order chi connectivity index (χ1) is 6.16. The van der Waals surface area contributed by atoms with Gasteiger partial charge < -0.3 is 9.47 Å². The van der Waals surface area contributed by atoms with Crippen LogP contribution in [0, 0.1) is 5.92 Å². The van der Waals surface area contributed by atoms with Crippen LogP contribution in [0.2, 0.25) is 0 Å². The van der Waals surface area contributed by atoms with Crippen molar-refractivity contribution in [3.63, 3.8) is 0 Å². The number of rotatable bonds is 8. The summed E-state index contributed by atoms with van der Waals surface area (Å²) in [4.78, 5) is 0. The Morgan fingerprint density at radius 2 is 2.00 bits per heavy atom. The maximum absolute atomic E-state index is 5.42. The predicted octanol–water partition coefficient (Wildman–Crippen LogP) is 2.99. The van der Waals surface area contributed by atoms with Gasteiger partial charge in [-0.1, -0.05) is 20.4 Å². The van der Waals surface area contributed by atoms with Gasteiger partial charge in [0, 0.05) is 13.0 Å². The number of hydrogen-bond acceptors (Lipinski definition) is 2. The third kappa shape index (κ3) is 9.41. The molecular formula is C11H22O2. The third-order valence-corrected chi connectivity index (χ3v) is 1.71. The first-order valence-electron chi connectivity index (χ1n) is 5.05. The second kappa shape index (κ2) is 8.11. The van der Waals surface area contributed by atoms with Crippen LogP contribution in [-0.2, 0) is 9.47 Å². The van der Waals surface area contributed by atoms with Gasteiger partial charge in [0.1, 0.15) is 0 Å². The summed E-state index contributed by atoms with van der Waals surface area (Å²) in [6.07, 6.45) is 1.94. The molecule has 0 heterocycles. The van der Waals surface area contributed by atoms with Crippen molar-refractivity contribution in [2.24, 2.45) is 5.92 Å². The summed E-state index contributed by atoms with van der Waals surface area (Å²) in [5.74, 6) is 1.54. The SMILES string of the molecule is C=C(CCOCCC(C)C)OCC. The van der Waals surface area contributed by atoms with Crippen molar-refractivity contribution in [2.75, 3.05) is 19.8 Å². The van der Waals surface area contributed by atoms with Crippen molar-refractivity contribution < 1.29 is 9.47 Å². The minimum absolute atomic E-state index is 0.699. The Bertz CT molecular complexity index is 130. The van der Waals surface area contributed by atoms with Gasteiger partial charge in [-0.15, -0.1) is 0 Å². The van der Waals surface area contributed by atoms with Crippen molar-refractivity contribution in [2.45, 2.75) is 33.6 Å². The Morgan fingerprint density at radius 3 is 2.54 bits per heavy atom. The van der Waals surface area contributed by atoms with Crippen LogP contribution in [0.1, 0.15) is 33.6 Å². The highest BCUT2D eigenvalue weighted by Gasteiger charge is 1.96. The van der Waals surface area contributed by atoms with E-state index in [0.717, 1.165) is 37.7 Å². The molecule has 0 saturated carbocycles. The van der Waals surface area contributed by atoms with E-state index in [-0.39, 0.29) is 0 Å². The normalized spacial score (nSPS) is 10.5. The quantitative estimate of drug-likeness (QED) is 0.428. The van der Waals surface area contributed by atoms with Gasteiger partial charge in [-0.2, -0.15) is 0 Å². The summed E-state index contributed by atoms with van der Waals surface area (Å²) in [5, 5.41) is 0. The van der Waals surface area contributed by atoms with Gasteiger partial charge in [0.2, 0.25) is 0 Å². The standard InChI is InChI=1S/C11H22O2/c1-5-13-11(4)7-9-12-8-6-10(2)3/h10H,4-9H2,1-3H3. The van der Waals surface area contributed by atoms with Crippen molar-refractivity contribution in [1.82, 2.24) is 0 Å². The topological polar surface area (TPSA) is 18.5 Å². The molecular weight excluding hydrogens is 164 g/mol. The molecule has 0 rings (SSSR count). The first kappa shape index (κ1) is 12.5. The second-order valence-corrected chi connectivity index (χ2v) is 3.52. The Labute approximate surface area is 81.9 Å². The molecule has 13 heavy (non-hydrogen) atoms. The third-order valence-electron chi connectivity index (χ3n) is 1.71. The monoisotopic (exact) mass is 186 g/mol. The number of hydrogen-bond donors (Lipinski definition) is 0. The second-order valence-electron chi connectivity index (χ2n) is 3.52. The van der Waals surface area contributed by atoms with Crippen molar-refractivity contribution in [1.29, 1.82) is 0 Å². The van der Waals surface area contributed by atoms with Crippen LogP contribution in [0.4, 0.5) is 0 Å². The van der Waals surface area contributed by atoms with E-state index in [1.165, 1.54) is 0 Å². The van der Waals surface area contributed by atoms with Crippen LogP contribution in [0.5, 0.6) is 0 Å². The van der Waals surface area contributed by atoms with E-state index >= 15 is 0 Å². The lowest BCUT2D eigenvalue weighted by atomic mass is 10.1. The summed E-state index contributed by atoms with van der Waals surface area (Å²) in [7, 11) is 0. The maximum Gasteiger partial charge on any atom is 0.0911 e. The van der Waals surface area contributed by atoms with E-state index < -0.39 is 0 Å². The highest BCUT2D eigenvalue weighted by atomic mass is 16.5. The van der Waals surface area contributed by atoms with Gasteiger partial charge in [0.15, 0.2) is 0 Å². The van der Waals surface area contributed by atoms with Crippen molar-refractivity contribution in [3.8, 4) is 0 Å². The molecule has 0 atom stereocenters. The van der Waals surface area contributed by atoms with E-state index in [4.69, 9.17) is 9.47 Å². The molecule has 0 bridgehead atoms. The lowest BCUT2D eigenvalue weighted by molar-refractivity contribution is 0.111. The molecule has 0 aromatic rings. The molecule has 0 amide bonds. The van der Waals surface area contributed by atoms with Crippen LogP contribution in [-0.4, -0.2) is 19.8 Å². The highest BCUT2D eigenvalue weighted by molar-refractivity contribution is 4.81. The van der Waals surface area contributed by atoms with E-state index in [1.807, 2.05) is 6.92 Å². The smallest absolute Gasteiger partial charge is 0.0911 e. The minimum Gasteiger partial charge on any atom is -0.499 e. The molecule has 78 valence electrons. The summed E-state index contributed by atoms with van der Waals surface area (Å²) in [6, 6.07) is 0. The van der Waals surface area contributed by atoms with Crippen LogP contribution in [0.25, 0.3) is 0 Å². The molecule has 0 aromatic heterocycles. The Morgan fingerprint density at radius 1 is 1.31 bits per heavy atom. The summed E-state index contributed by atoms with van der Waals surface area (Å²) in [5.41, 5.74) is 0. The van der Waals surface area contributed by atoms with Gasteiger partial charge in [0.25, 0.3) is 0 Å². The number of ether oxygens (including phenoxy) is 2. The van der Waals surface area contributed by atoms with Gasteiger partial charge in [-0.25, -0.2) is 0 Å². The molecule has 0 saturated heterocycles. The summed E-state index contributed by atoms with van der Waals surface area (Å²) >= 11 is 0. The Hall–Kier alpha value is -0.500. The highest BCUT2D eigenvalue weighted by Crippen LogP contribution is 2.02. The van der Waals surface area contributed by atoms with Crippen LogP contribution < -0.4 is 0 Å². The average molecular weight is 186 g/mol. The lowest BCUT2D eigenvalue weighted by Crippen LogP contribution is -2.02. The summed E-state index contributed by atoms with van der Waals surface area (Å²) in [6.45, 7) is 12.4. The van der Waals surface area contributed by atoms with Gasteiger partial charge in [-0.3, -0.25) is 0 Å². The molecule has 0 aliphatic heterocycles. The van der Waals surface area contributed by atoms with Gasteiger partial charge >= 0.3 is 0 Å². The average Bonchev–Trinajstić information content (AvgIpc) is 2.03. The minimum atomic E-state index is 0.699. The lowest BCUT2D eigenvalue weighted by Gasteiger charge is -2.08. The van der Waals surface area contributed by atoms with Crippen LogP contribution in [0.15, 0.2) is 12.3 Å². The Balaban J connectivity index is 3.11. The molecule has 2 heteroatoms. The zero-order valence-corrected chi connectivity index (χ0v) is 9.14. The van der Waals surface area contributed by atoms with Crippen LogP contribution in [0.3, 0.4) is 0 Å². The molecule has 0 fully saturated rings. The van der Waals surface area contributed by atoms with Crippen molar-refractivity contribution in [3.05, 3.63) is 12.3 Å². The molecule has 2 nitrogen and oxygen atoms in total. The molecule has 0 aromatic carbocycles. The molecule has 0 spiro atoms. The molecule has 0 radical (unpaired) electrons. The van der Waals surface area contributed by atoms with Crippen LogP contribution >= 0.6 is 0 Å². The Kier molecular flexibility index (Phi) is 7.80. The predicted molar refractivity (Wildman–Crippen MR) is 55.7 cm³/mol. The molecule has 0 aliphatic carbocycles. The fourth-order valence-corrected chi connectivity index (χ4v) is 0.883. The van der Waals surface area contributed by atoms with E-state index in [0.29, 0.717) is 6.61 Å². The maximum atomic E-state index is 5.42. The van der Waals surface area contributed by atoms with E-state index in [9.17, 15) is 0 Å². The zero-order chi connectivity index (χ0) is 10.1. The largest absolute Gasteiger partial charge is 0.499 e. The molecule has 0 N–H and O–H groups in total. The summed E-state index contributed by atoms with van der Waals surface area (Å²) < 4.78 is 10.6. The zero-order valence-electron chi connectivity index (χ0n) is 9.14. The fourth-order valence-electron chi connectivity index (χ4n) is 0.883. The first-order valence-corrected chi connectivity index (χ1v) is 5.05. The van der Waals surface area contributed by atoms with Gasteiger partial charge in [0.05, 0.1) is 19.0 Å². The van der Waals surface area contributed by atoms with Crippen molar-refractivity contribution >= 4 is 0 Å². The van der Waals surface area contributed by atoms with E-state index in [2.05, 4.69) is 20.4 Å². The fraction of sp³-hybridized carbons (Fsp3) is 0.818. The van der Waals surface area contributed by atoms with Gasteiger partial charge in [-0.05, 0) is 19.3 Å².